The number of carbonyl (C=O) groups is 2. The summed E-state index contributed by atoms with van der Waals surface area (Å²) in [7, 11) is 0. The molecule has 1 N–H and O–H groups in total. The third kappa shape index (κ3) is 4.43. The second-order valence-corrected chi connectivity index (χ2v) is 4.04. The van der Waals surface area contributed by atoms with Crippen LogP contribution in [0.2, 0.25) is 0 Å². The molecule has 0 aliphatic carbocycles. The maximum Gasteiger partial charge on any atom is 0.223 e. The van der Waals surface area contributed by atoms with Gasteiger partial charge >= 0.3 is 0 Å². The van der Waals surface area contributed by atoms with Crippen LogP contribution in [-0.2, 0) is 9.59 Å². The average Bonchev–Trinajstić information content (AvgIpc) is 2.42. The summed E-state index contributed by atoms with van der Waals surface area (Å²) >= 11 is 0. The zero-order valence-corrected chi connectivity index (χ0v) is 11.1. The maximum atomic E-state index is 11.6. The van der Waals surface area contributed by atoms with E-state index in [1.165, 1.54) is 11.8 Å². The molecule has 5 heteroatoms. The number of hydrogen-bond acceptors (Lipinski definition) is 3. The molecule has 19 heavy (non-hydrogen) atoms. The predicted octanol–water partition coefficient (Wildman–Crippen LogP) is 1.44. The van der Waals surface area contributed by atoms with Crippen molar-refractivity contribution in [1.82, 2.24) is 5.32 Å². The lowest BCUT2D eigenvalue weighted by atomic mass is 10.2. The van der Waals surface area contributed by atoms with E-state index in [-0.39, 0.29) is 11.8 Å². The van der Waals surface area contributed by atoms with Crippen LogP contribution < -0.4 is 10.2 Å². The molecule has 1 aromatic rings. The minimum Gasteiger partial charge on any atom is -0.354 e. The van der Waals surface area contributed by atoms with Gasteiger partial charge in [0, 0.05) is 32.1 Å². The molecular formula is C14H17N3O2. The molecule has 0 spiro atoms. The molecule has 2 amide bonds. The van der Waals surface area contributed by atoms with E-state index >= 15 is 0 Å². The lowest BCUT2D eigenvalue weighted by Gasteiger charge is -2.21. The molecule has 0 bridgehead atoms. The first-order chi connectivity index (χ1) is 9.08. The minimum absolute atomic E-state index is 0.0470. The highest BCUT2D eigenvalue weighted by atomic mass is 16.2. The summed E-state index contributed by atoms with van der Waals surface area (Å²) in [5, 5.41) is 11.6. The summed E-state index contributed by atoms with van der Waals surface area (Å²) in [6.07, 6.45) is 0.421. The van der Waals surface area contributed by atoms with Crippen molar-refractivity contribution in [1.29, 1.82) is 5.26 Å². The van der Waals surface area contributed by atoms with Crippen LogP contribution in [0.3, 0.4) is 0 Å². The fourth-order valence-electron chi connectivity index (χ4n) is 1.64. The molecule has 0 saturated carbocycles. The van der Waals surface area contributed by atoms with E-state index in [9.17, 15) is 9.59 Å². The third-order valence-electron chi connectivity index (χ3n) is 2.65. The van der Waals surface area contributed by atoms with Gasteiger partial charge in [-0.3, -0.25) is 9.59 Å². The fraction of sp³-hybridized carbons (Fsp3) is 0.357. The average molecular weight is 259 g/mol. The van der Waals surface area contributed by atoms with E-state index < -0.39 is 0 Å². The van der Waals surface area contributed by atoms with Crippen LogP contribution >= 0.6 is 0 Å². The Balaban J connectivity index is 2.75. The second-order valence-electron chi connectivity index (χ2n) is 4.04. The molecule has 0 fully saturated rings. The van der Waals surface area contributed by atoms with Crippen LogP contribution in [0.25, 0.3) is 0 Å². The van der Waals surface area contributed by atoms with Gasteiger partial charge in [0.05, 0.1) is 11.6 Å². The van der Waals surface area contributed by atoms with Crippen molar-refractivity contribution in [2.75, 3.05) is 18.0 Å². The molecule has 0 radical (unpaired) electrons. The zero-order valence-electron chi connectivity index (χ0n) is 11.1. The highest BCUT2D eigenvalue weighted by Crippen LogP contribution is 2.15. The van der Waals surface area contributed by atoms with Crippen LogP contribution in [-0.4, -0.2) is 24.9 Å². The Morgan fingerprint density at radius 1 is 1.42 bits per heavy atom. The van der Waals surface area contributed by atoms with Crippen molar-refractivity contribution < 1.29 is 9.59 Å². The van der Waals surface area contributed by atoms with Crippen LogP contribution in [0.1, 0.15) is 25.8 Å². The first kappa shape index (κ1) is 14.7. The van der Waals surface area contributed by atoms with Crippen LogP contribution in [0, 0.1) is 11.3 Å². The smallest absolute Gasteiger partial charge is 0.223 e. The number of carbonyl (C=O) groups excluding carboxylic acids is 2. The molecule has 100 valence electrons. The molecule has 5 nitrogen and oxygen atoms in total. The first-order valence-corrected chi connectivity index (χ1v) is 6.13. The van der Waals surface area contributed by atoms with Crippen molar-refractivity contribution in [3.05, 3.63) is 29.8 Å². The van der Waals surface area contributed by atoms with E-state index in [1.54, 1.807) is 31.2 Å². The van der Waals surface area contributed by atoms with Gasteiger partial charge in [0.2, 0.25) is 11.8 Å². The van der Waals surface area contributed by atoms with Crippen molar-refractivity contribution in [2.45, 2.75) is 20.3 Å². The van der Waals surface area contributed by atoms with E-state index in [0.717, 1.165) is 0 Å². The van der Waals surface area contributed by atoms with Crippen molar-refractivity contribution in [3.63, 3.8) is 0 Å². The van der Waals surface area contributed by atoms with E-state index in [0.29, 0.717) is 30.8 Å². The normalized spacial score (nSPS) is 9.53. The highest BCUT2D eigenvalue weighted by molar-refractivity contribution is 5.91. The number of amides is 2. The van der Waals surface area contributed by atoms with Crippen LogP contribution in [0.4, 0.5) is 5.69 Å². The summed E-state index contributed by atoms with van der Waals surface area (Å²) < 4.78 is 0. The van der Waals surface area contributed by atoms with E-state index in [1.807, 2.05) is 6.07 Å². The van der Waals surface area contributed by atoms with Gasteiger partial charge in [-0.1, -0.05) is 13.0 Å². The van der Waals surface area contributed by atoms with Gasteiger partial charge in [0.25, 0.3) is 0 Å². The Kier molecular flexibility index (Phi) is 5.55. The Morgan fingerprint density at radius 3 is 2.74 bits per heavy atom. The number of anilines is 1. The molecule has 0 aliphatic rings. The maximum absolute atomic E-state index is 11.6. The van der Waals surface area contributed by atoms with Gasteiger partial charge in [0.1, 0.15) is 0 Å². The Morgan fingerprint density at radius 2 is 2.16 bits per heavy atom. The number of rotatable bonds is 5. The Labute approximate surface area is 112 Å². The van der Waals surface area contributed by atoms with E-state index in [2.05, 4.69) is 5.32 Å². The quantitative estimate of drug-likeness (QED) is 0.869. The largest absolute Gasteiger partial charge is 0.354 e. The summed E-state index contributed by atoms with van der Waals surface area (Å²) in [5.41, 5.74) is 1.17. The first-order valence-electron chi connectivity index (χ1n) is 6.13. The lowest BCUT2D eigenvalue weighted by molar-refractivity contribution is -0.121. The van der Waals surface area contributed by atoms with Gasteiger partial charge in [-0.15, -0.1) is 0 Å². The molecular weight excluding hydrogens is 242 g/mol. The number of benzene rings is 1. The molecule has 0 aromatic heterocycles. The van der Waals surface area contributed by atoms with Crippen LogP contribution in [0.15, 0.2) is 24.3 Å². The monoisotopic (exact) mass is 259 g/mol. The molecule has 1 aromatic carbocycles. The van der Waals surface area contributed by atoms with Crippen molar-refractivity contribution in [3.8, 4) is 6.07 Å². The Hall–Kier alpha value is -2.35. The van der Waals surface area contributed by atoms with Crippen molar-refractivity contribution in [2.24, 2.45) is 0 Å². The second kappa shape index (κ2) is 7.17. The highest BCUT2D eigenvalue weighted by Gasteiger charge is 2.11. The SMILES string of the molecule is CCC(=O)NCCN(C(C)=O)c1cccc(C#N)c1. The summed E-state index contributed by atoms with van der Waals surface area (Å²) in [5.74, 6) is -0.171. The number of nitrogens with one attached hydrogen (secondary N) is 1. The molecule has 1 rings (SSSR count). The summed E-state index contributed by atoms with van der Waals surface area (Å²) in [4.78, 5) is 24.3. The van der Waals surface area contributed by atoms with Gasteiger partial charge in [-0.2, -0.15) is 5.26 Å². The fourth-order valence-corrected chi connectivity index (χ4v) is 1.64. The van der Waals surface area contributed by atoms with Gasteiger partial charge < -0.3 is 10.2 Å². The standard InChI is InChI=1S/C14H17N3O2/c1-3-14(19)16-7-8-17(11(2)18)13-6-4-5-12(9-13)10-15/h4-6,9H,3,7-8H2,1-2H3,(H,16,19). The van der Waals surface area contributed by atoms with Gasteiger partial charge in [0.15, 0.2) is 0 Å². The summed E-state index contributed by atoms with van der Waals surface area (Å²) in [6.45, 7) is 4.01. The lowest BCUT2D eigenvalue weighted by Crippen LogP contribution is -2.37. The number of nitrogens with zero attached hydrogens (tertiary/aromatic N) is 2. The van der Waals surface area contributed by atoms with E-state index in [4.69, 9.17) is 5.26 Å². The topological polar surface area (TPSA) is 73.2 Å². The number of nitriles is 1. The summed E-state index contributed by atoms with van der Waals surface area (Å²) in [6, 6.07) is 8.87. The van der Waals surface area contributed by atoms with Gasteiger partial charge in [-0.25, -0.2) is 0 Å². The minimum atomic E-state index is -0.124. The molecule has 0 atom stereocenters. The zero-order chi connectivity index (χ0) is 14.3. The molecule has 0 heterocycles. The number of hydrogen-bond donors (Lipinski definition) is 1. The van der Waals surface area contributed by atoms with Gasteiger partial charge in [-0.05, 0) is 18.2 Å². The van der Waals surface area contributed by atoms with Crippen LogP contribution in [0.5, 0.6) is 0 Å². The molecule has 0 unspecified atom stereocenters. The molecule has 0 saturated heterocycles. The van der Waals surface area contributed by atoms with Crippen molar-refractivity contribution >= 4 is 17.5 Å². The molecule has 0 aliphatic heterocycles. The predicted molar refractivity (Wildman–Crippen MR) is 72.5 cm³/mol. The Bertz CT molecular complexity index is 506. The third-order valence-corrected chi connectivity index (χ3v) is 2.65.